The molecule has 0 saturated heterocycles. The van der Waals surface area contributed by atoms with Gasteiger partial charge in [-0.1, -0.05) is 47.6 Å². The molecule has 5 aromatic rings. The summed E-state index contributed by atoms with van der Waals surface area (Å²) < 4.78 is 7.52. The zero-order valence-corrected chi connectivity index (χ0v) is 17.5. The van der Waals surface area contributed by atoms with Gasteiger partial charge in [0.15, 0.2) is 0 Å². The molecule has 0 saturated carbocycles. The van der Waals surface area contributed by atoms with Crippen molar-refractivity contribution in [2.45, 2.75) is 19.4 Å². The Morgan fingerprint density at radius 1 is 0.938 bits per heavy atom. The van der Waals surface area contributed by atoms with Gasteiger partial charge in [-0.3, -0.25) is 0 Å². The van der Waals surface area contributed by atoms with Gasteiger partial charge in [0.1, 0.15) is 11.6 Å². The number of imidazole rings is 1. The van der Waals surface area contributed by atoms with Gasteiger partial charge in [-0.05, 0) is 65.4 Å². The molecule has 2 heterocycles. The molecule has 8 nitrogen and oxygen atoms in total. The minimum absolute atomic E-state index is 0.326. The Hall–Kier alpha value is -4.04. The first kappa shape index (κ1) is 19.9. The molecule has 5 rings (SSSR count). The molecule has 2 N–H and O–H groups in total. The molecule has 0 aliphatic heterocycles. The molecular formula is C24H23N7O. The van der Waals surface area contributed by atoms with Crippen molar-refractivity contribution in [3.8, 4) is 17.4 Å². The maximum absolute atomic E-state index is 5.95. The van der Waals surface area contributed by atoms with Crippen molar-refractivity contribution < 1.29 is 4.74 Å². The van der Waals surface area contributed by atoms with Crippen LogP contribution < -0.4 is 10.1 Å². The highest BCUT2D eigenvalue weighted by Crippen LogP contribution is 2.22. The largest absolute Gasteiger partial charge is 0.423 e. The second kappa shape index (κ2) is 9.40. The molecule has 0 atom stereocenters. The van der Waals surface area contributed by atoms with Crippen molar-refractivity contribution in [3.05, 3.63) is 90.3 Å². The van der Waals surface area contributed by atoms with Crippen LogP contribution in [0.4, 0.5) is 0 Å². The molecule has 0 fully saturated rings. The van der Waals surface area contributed by atoms with E-state index in [2.05, 4.69) is 42.9 Å². The Labute approximate surface area is 185 Å². The molecule has 0 bridgehead atoms. The normalized spacial score (nSPS) is 11.1. The smallest absolute Gasteiger partial charge is 0.345 e. The van der Waals surface area contributed by atoms with Crippen LogP contribution in [0, 0.1) is 0 Å². The van der Waals surface area contributed by atoms with E-state index in [0.717, 1.165) is 54.0 Å². The molecule has 0 aliphatic rings. The first-order valence-electron chi connectivity index (χ1n) is 10.6. The number of aromatic nitrogens is 6. The minimum Gasteiger partial charge on any atom is -0.423 e. The number of tetrazole rings is 1. The molecule has 0 unspecified atom stereocenters. The van der Waals surface area contributed by atoms with Gasteiger partial charge in [0.05, 0.1) is 16.7 Å². The third-order valence-electron chi connectivity index (χ3n) is 5.08. The second-order valence-electron chi connectivity index (χ2n) is 7.44. The number of ether oxygens (including phenoxy) is 1. The number of para-hydroxylation sites is 3. The monoisotopic (exact) mass is 425 g/mol. The molecule has 2 aromatic heterocycles. The van der Waals surface area contributed by atoms with Crippen molar-refractivity contribution in [1.29, 1.82) is 0 Å². The molecule has 3 aromatic carbocycles. The Kier molecular flexibility index (Phi) is 5.85. The van der Waals surface area contributed by atoms with E-state index in [1.165, 1.54) is 0 Å². The summed E-state index contributed by atoms with van der Waals surface area (Å²) in [6, 6.07) is 26.0. The summed E-state index contributed by atoms with van der Waals surface area (Å²) in [5, 5.41) is 15.3. The number of fused-ring (bicyclic) bond motifs is 1. The van der Waals surface area contributed by atoms with Crippen molar-refractivity contribution in [1.82, 2.24) is 35.5 Å². The molecule has 160 valence electrons. The Morgan fingerprint density at radius 3 is 2.72 bits per heavy atom. The number of rotatable bonds is 9. The average Bonchev–Trinajstić information content (AvgIpc) is 3.46. The lowest BCUT2D eigenvalue weighted by molar-refractivity contribution is 0.426. The quantitative estimate of drug-likeness (QED) is 0.346. The molecule has 0 radical (unpaired) electrons. The van der Waals surface area contributed by atoms with E-state index in [-0.39, 0.29) is 0 Å². The van der Waals surface area contributed by atoms with Crippen LogP contribution in [0.25, 0.3) is 16.7 Å². The van der Waals surface area contributed by atoms with E-state index >= 15 is 0 Å². The maximum Gasteiger partial charge on any atom is 0.345 e. The number of nitrogens with zero attached hydrogens (tertiary/aromatic N) is 5. The fraction of sp³-hybridized carbons (Fsp3) is 0.167. The Bertz CT molecular complexity index is 1260. The van der Waals surface area contributed by atoms with Crippen molar-refractivity contribution in [2.75, 3.05) is 6.54 Å². The van der Waals surface area contributed by atoms with Gasteiger partial charge in [0, 0.05) is 13.0 Å². The van der Waals surface area contributed by atoms with Crippen molar-refractivity contribution in [3.63, 3.8) is 0 Å². The van der Waals surface area contributed by atoms with Crippen LogP contribution in [0.15, 0.2) is 78.9 Å². The zero-order valence-electron chi connectivity index (χ0n) is 17.5. The maximum atomic E-state index is 5.95. The predicted molar refractivity (Wildman–Crippen MR) is 122 cm³/mol. The third kappa shape index (κ3) is 4.65. The number of benzene rings is 3. The summed E-state index contributed by atoms with van der Waals surface area (Å²) in [7, 11) is 0. The Balaban J connectivity index is 1.14. The first-order valence-corrected chi connectivity index (χ1v) is 10.6. The van der Waals surface area contributed by atoms with Crippen molar-refractivity contribution in [2.24, 2.45) is 0 Å². The van der Waals surface area contributed by atoms with Gasteiger partial charge < -0.3 is 15.0 Å². The lowest BCUT2D eigenvalue weighted by Gasteiger charge is -2.08. The summed E-state index contributed by atoms with van der Waals surface area (Å²) in [4.78, 5) is 8.00. The van der Waals surface area contributed by atoms with E-state index in [9.17, 15) is 0 Å². The van der Waals surface area contributed by atoms with Crippen LogP contribution in [0.3, 0.4) is 0 Å². The molecule has 8 heteroatoms. The fourth-order valence-electron chi connectivity index (χ4n) is 3.54. The number of nitrogens with one attached hydrogen (secondary N) is 2. The SMILES string of the molecule is c1ccc(-n2nnnc2Oc2cccc(CNCCCc3nc4ccccc4[nH]3)c2)cc1. The highest BCUT2D eigenvalue weighted by molar-refractivity contribution is 5.74. The zero-order chi connectivity index (χ0) is 21.6. The molecule has 0 spiro atoms. The number of H-pyrrole nitrogens is 1. The predicted octanol–water partition coefficient (Wildman–Crippen LogP) is 4.05. The highest BCUT2D eigenvalue weighted by atomic mass is 16.5. The Morgan fingerprint density at radius 2 is 1.81 bits per heavy atom. The van der Waals surface area contributed by atoms with Gasteiger partial charge in [-0.15, -0.1) is 0 Å². The van der Waals surface area contributed by atoms with Gasteiger partial charge in [-0.25, -0.2) is 4.98 Å². The minimum atomic E-state index is 0.326. The topological polar surface area (TPSA) is 93.5 Å². The summed E-state index contributed by atoms with van der Waals surface area (Å²) in [6.07, 6.45) is 1.91. The summed E-state index contributed by atoms with van der Waals surface area (Å²) in [5.74, 6) is 1.72. The van der Waals surface area contributed by atoms with Crippen LogP contribution in [-0.2, 0) is 13.0 Å². The van der Waals surface area contributed by atoms with Crippen LogP contribution >= 0.6 is 0 Å². The lowest BCUT2D eigenvalue weighted by Crippen LogP contribution is -2.15. The van der Waals surface area contributed by atoms with E-state index in [1.807, 2.05) is 66.7 Å². The molecule has 0 aliphatic carbocycles. The van der Waals surface area contributed by atoms with E-state index in [1.54, 1.807) is 4.68 Å². The van der Waals surface area contributed by atoms with E-state index < -0.39 is 0 Å². The molecule has 32 heavy (non-hydrogen) atoms. The number of hydrogen-bond acceptors (Lipinski definition) is 6. The van der Waals surface area contributed by atoms with Crippen LogP contribution in [0.5, 0.6) is 11.8 Å². The van der Waals surface area contributed by atoms with Crippen LogP contribution in [0.2, 0.25) is 0 Å². The van der Waals surface area contributed by atoms with Crippen LogP contribution in [-0.4, -0.2) is 36.7 Å². The molecular weight excluding hydrogens is 402 g/mol. The van der Waals surface area contributed by atoms with Crippen LogP contribution in [0.1, 0.15) is 17.8 Å². The van der Waals surface area contributed by atoms with Gasteiger partial charge in [-0.2, -0.15) is 4.68 Å². The highest BCUT2D eigenvalue weighted by Gasteiger charge is 2.10. The average molecular weight is 425 g/mol. The van der Waals surface area contributed by atoms with E-state index in [4.69, 9.17) is 4.74 Å². The van der Waals surface area contributed by atoms with Gasteiger partial charge in [0.25, 0.3) is 0 Å². The van der Waals surface area contributed by atoms with Gasteiger partial charge >= 0.3 is 6.01 Å². The summed E-state index contributed by atoms with van der Waals surface area (Å²) in [5.41, 5.74) is 4.08. The number of aromatic amines is 1. The first-order chi connectivity index (χ1) is 15.8. The number of aryl methyl sites for hydroxylation is 1. The lowest BCUT2D eigenvalue weighted by atomic mass is 10.2. The summed E-state index contributed by atoms with van der Waals surface area (Å²) in [6.45, 7) is 1.65. The molecule has 0 amide bonds. The third-order valence-corrected chi connectivity index (χ3v) is 5.08. The second-order valence-corrected chi connectivity index (χ2v) is 7.44. The van der Waals surface area contributed by atoms with Crippen molar-refractivity contribution >= 4 is 11.0 Å². The summed E-state index contributed by atoms with van der Waals surface area (Å²) >= 11 is 0. The van der Waals surface area contributed by atoms with E-state index in [0.29, 0.717) is 11.8 Å². The standard InChI is InChI=1S/C24H23N7O/c1-2-9-19(10-3-1)31-24(28-29-30-31)32-20-11-6-8-18(16-20)17-25-15-7-14-23-26-21-12-4-5-13-22(21)27-23/h1-6,8-13,16,25H,7,14-15,17H2,(H,26,27). The fourth-order valence-corrected chi connectivity index (χ4v) is 3.54. The van der Waals surface area contributed by atoms with Gasteiger partial charge in [0.2, 0.25) is 0 Å². The number of hydrogen-bond donors (Lipinski definition) is 2.